The molecule has 18 heavy (non-hydrogen) atoms. The average molecular weight is 249 g/mol. The number of hydrogen-bond donors (Lipinski definition) is 3. The Hall–Kier alpha value is -1.88. The molecule has 1 fully saturated rings. The molecule has 0 aliphatic heterocycles. The van der Waals surface area contributed by atoms with Gasteiger partial charge in [0, 0.05) is 0 Å². The first kappa shape index (κ1) is 12.6. The molecular formula is C13H15NO4. The van der Waals surface area contributed by atoms with Gasteiger partial charge in [0.1, 0.15) is 6.04 Å². The highest BCUT2D eigenvalue weighted by Crippen LogP contribution is 2.56. The summed E-state index contributed by atoms with van der Waals surface area (Å²) in [6.45, 7) is 0. The molecule has 3 atom stereocenters. The van der Waals surface area contributed by atoms with Crippen LogP contribution in [0.25, 0.3) is 0 Å². The van der Waals surface area contributed by atoms with E-state index in [1.54, 1.807) is 24.3 Å². The number of hydrogen-bond acceptors (Lipinski definition) is 3. The van der Waals surface area contributed by atoms with Crippen LogP contribution in [0.1, 0.15) is 18.4 Å². The maximum absolute atomic E-state index is 11.5. The van der Waals surface area contributed by atoms with E-state index in [9.17, 15) is 14.7 Å². The molecule has 96 valence electrons. The number of benzene rings is 1. The summed E-state index contributed by atoms with van der Waals surface area (Å²) in [5.41, 5.74) is 5.24. The van der Waals surface area contributed by atoms with E-state index in [1.807, 2.05) is 6.07 Å². The Morgan fingerprint density at radius 2 is 1.94 bits per heavy atom. The Bertz CT molecular complexity index is 473. The number of aliphatic carboxylic acids is 2. The van der Waals surface area contributed by atoms with Crippen molar-refractivity contribution in [1.29, 1.82) is 0 Å². The zero-order chi connectivity index (χ0) is 13.3. The lowest BCUT2D eigenvalue weighted by molar-refractivity contribution is -0.142. The third kappa shape index (κ3) is 1.97. The van der Waals surface area contributed by atoms with Crippen LogP contribution in [-0.4, -0.2) is 28.2 Å². The minimum atomic E-state index is -1.09. The van der Waals surface area contributed by atoms with Gasteiger partial charge in [0.05, 0.1) is 5.41 Å². The van der Waals surface area contributed by atoms with Gasteiger partial charge in [-0.25, -0.2) is 0 Å². The van der Waals surface area contributed by atoms with Crippen molar-refractivity contribution in [3.05, 3.63) is 35.9 Å². The molecule has 0 saturated heterocycles. The van der Waals surface area contributed by atoms with Gasteiger partial charge in [-0.3, -0.25) is 9.59 Å². The van der Waals surface area contributed by atoms with Crippen LogP contribution in [0.3, 0.4) is 0 Å². The van der Waals surface area contributed by atoms with E-state index in [-0.39, 0.29) is 12.3 Å². The van der Waals surface area contributed by atoms with Crippen LogP contribution < -0.4 is 5.73 Å². The second kappa shape index (κ2) is 4.42. The molecule has 1 aromatic rings. The van der Waals surface area contributed by atoms with Crippen molar-refractivity contribution in [3.63, 3.8) is 0 Å². The second-order valence-electron chi connectivity index (χ2n) is 4.72. The number of carboxylic acid groups (broad SMARTS) is 2. The summed E-state index contributed by atoms with van der Waals surface area (Å²) in [5.74, 6) is -2.20. The molecule has 1 aromatic carbocycles. The van der Waals surface area contributed by atoms with Crippen molar-refractivity contribution in [3.8, 4) is 0 Å². The molecule has 2 rings (SSSR count). The van der Waals surface area contributed by atoms with Crippen molar-refractivity contribution >= 4 is 11.9 Å². The fraction of sp³-hybridized carbons (Fsp3) is 0.385. The summed E-state index contributed by atoms with van der Waals surface area (Å²) in [6, 6.07) is 7.92. The fourth-order valence-electron chi connectivity index (χ4n) is 2.50. The van der Waals surface area contributed by atoms with Crippen LogP contribution in [-0.2, 0) is 15.0 Å². The van der Waals surface area contributed by atoms with Crippen LogP contribution in [0.5, 0.6) is 0 Å². The molecule has 0 heterocycles. The Labute approximate surface area is 104 Å². The maximum Gasteiger partial charge on any atom is 0.320 e. The zero-order valence-corrected chi connectivity index (χ0v) is 9.74. The minimum Gasteiger partial charge on any atom is -0.481 e. The van der Waals surface area contributed by atoms with E-state index < -0.39 is 23.4 Å². The zero-order valence-electron chi connectivity index (χ0n) is 9.74. The summed E-state index contributed by atoms with van der Waals surface area (Å²) >= 11 is 0. The fourth-order valence-corrected chi connectivity index (χ4v) is 2.50. The first-order valence-electron chi connectivity index (χ1n) is 5.76. The standard InChI is InChI=1S/C13H15NO4/c14-10(11(15)16)6-9-7-13(9,12(17)18)8-4-2-1-3-5-8/h1-5,9-10H,6-7,14H2,(H,15,16)(H,17,18)/t9-,10+,13-/m1/s1. The van der Waals surface area contributed by atoms with Crippen LogP contribution in [0.4, 0.5) is 0 Å². The maximum atomic E-state index is 11.5. The minimum absolute atomic E-state index is 0.191. The molecule has 1 aliphatic rings. The predicted molar refractivity (Wildman–Crippen MR) is 64.1 cm³/mol. The lowest BCUT2D eigenvalue weighted by atomic mass is 9.91. The lowest BCUT2D eigenvalue weighted by Crippen LogP contribution is -2.32. The average Bonchev–Trinajstić information content (AvgIpc) is 3.05. The molecule has 0 unspecified atom stereocenters. The summed E-state index contributed by atoms with van der Waals surface area (Å²) < 4.78 is 0. The van der Waals surface area contributed by atoms with Gasteiger partial charge in [-0.2, -0.15) is 0 Å². The molecule has 1 aliphatic carbocycles. The molecular weight excluding hydrogens is 234 g/mol. The molecule has 0 amide bonds. The number of nitrogens with two attached hydrogens (primary N) is 1. The van der Waals surface area contributed by atoms with E-state index in [2.05, 4.69) is 0 Å². The molecule has 0 spiro atoms. The van der Waals surface area contributed by atoms with Crippen molar-refractivity contribution in [1.82, 2.24) is 0 Å². The van der Waals surface area contributed by atoms with Gasteiger partial charge < -0.3 is 15.9 Å². The Kier molecular flexibility index (Phi) is 3.09. The first-order valence-corrected chi connectivity index (χ1v) is 5.76. The first-order chi connectivity index (χ1) is 8.48. The van der Waals surface area contributed by atoms with Crippen molar-refractivity contribution in [2.24, 2.45) is 11.7 Å². The van der Waals surface area contributed by atoms with Gasteiger partial charge >= 0.3 is 11.9 Å². The van der Waals surface area contributed by atoms with E-state index >= 15 is 0 Å². The normalized spacial score (nSPS) is 27.5. The topological polar surface area (TPSA) is 101 Å². The summed E-state index contributed by atoms with van der Waals surface area (Å²) in [5, 5.41) is 18.2. The second-order valence-corrected chi connectivity index (χ2v) is 4.72. The number of carboxylic acids is 2. The lowest BCUT2D eigenvalue weighted by Gasteiger charge is -2.14. The van der Waals surface area contributed by atoms with E-state index in [1.165, 1.54) is 0 Å². The third-order valence-electron chi connectivity index (χ3n) is 3.63. The van der Waals surface area contributed by atoms with Crippen molar-refractivity contribution < 1.29 is 19.8 Å². The summed E-state index contributed by atoms with van der Waals surface area (Å²) in [6.07, 6.45) is 0.643. The summed E-state index contributed by atoms with van der Waals surface area (Å²) in [7, 11) is 0. The van der Waals surface area contributed by atoms with Crippen molar-refractivity contribution in [2.75, 3.05) is 0 Å². The summed E-state index contributed by atoms with van der Waals surface area (Å²) in [4.78, 5) is 22.2. The van der Waals surface area contributed by atoms with Gasteiger partial charge in [0.2, 0.25) is 0 Å². The van der Waals surface area contributed by atoms with Crippen LogP contribution in [0.2, 0.25) is 0 Å². The largest absolute Gasteiger partial charge is 0.481 e. The smallest absolute Gasteiger partial charge is 0.320 e. The monoisotopic (exact) mass is 249 g/mol. The number of carbonyl (C=O) groups is 2. The van der Waals surface area contributed by atoms with E-state index in [0.717, 1.165) is 5.56 Å². The Balaban J connectivity index is 2.19. The Morgan fingerprint density at radius 3 is 2.44 bits per heavy atom. The van der Waals surface area contributed by atoms with Crippen LogP contribution >= 0.6 is 0 Å². The van der Waals surface area contributed by atoms with Gasteiger partial charge in [-0.1, -0.05) is 30.3 Å². The van der Waals surface area contributed by atoms with Gasteiger partial charge in [-0.05, 0) is 24.3 Å². The quantitative estimate of drug-likeness (QED) is 0.717. The van der Waals surface area contributed by atoms with Gasteiger partial charge in [0.15, 0.2) is 0 Å². The highest BCUT2D eigenvalue weighted by molar-refractivity contribution is 5.86. The molecule has 0 radical (unpaired) electrons. The number of rotatable bonds is 5. The van der Waals surface area contributed by atoms with Gasteiger partial charge in [0.25, 0.3) is 0 Å². The van der Waals surface area contributed by atoms with Gasteiger partial charge in [-0.15, -0.1) is 0 Å². The molecule has 5 nitrogen and oxygen atoms in total. The highest BCUT2D eigenvalue weighted by Gasteiger charge is 2.61. The molecule has 5 heteroatoms. The molecule has 1 saturated carbocycles. The Morgan fingerprint density at radius 1 is 1.33 bits per heavy atom. The van der Waals surface area contributed by atoms with Crippen LogP contribution in [0.15, 0.2) is 30.3 Å². The van der Waals surface area contributed by atoms with E-state index in [0.29, 0.717) is 6.42 Å². The predicted octanol–water partition coefficient (Wildman–Crippen LogP) is 0.831. The highest BCUT2D eigenvalue weighted by atomic mass is 16.4. The molecule has 0 aromatic heterocycles. The SMILES string of the molecule is N[C@@H](C[C@@H]1C[C@@]1(C(=O)O)c1ccccc1)C(=O)O. The van der Waals surface area contributed by atoms with E-state index in [4.69, 9.17) is 10.8 Å². The van der Waals surface area contributed by atoms with Crippen molar-refractivity contribution in [2.45, 2.75) is 24.3 Å². The third-order valence-corrected chi connectivity index (χ3v) is 3.63. The molecule has 4 N–H and O–H groups in total. The molecule has 0 bridgehead atoms. The van der Waals surface area contributed by atoms with Crippen LogP contribution in [0, 0.1) is 5.92 Å².